The topological polar surface area (TPSA) is 79.8 Å². The Hall–Kier alpha value is -2.86. The van der Waals surface area contributed by atoms with Gasteiger partial charge in [-0.2, -0.15) is 0 Å². The van der Waals surface area contributed by atoms with Gasteiger partial charge in [0.05, 0.1) is 20.9 Å². The van der Waals surface area contributed by atoms with Crippen molar-refractivity contribution in [1.82, 2.24) is 9.88 Å². The molecule has 0 unspecified atom stereocenters. The van der Waals surface area contributed by atoms with Crippen LogP contribution < -0.4 is 9.64 Å². The highest BCUT2D eigenvalue weighted by Crippen LogP contribution is 2.33. The maximum absolute atomic E-state index is 12.5. The molecule has 0 atom stereocenters. The van der Waals surface area contributed by atoms with Gasteiger partial charge in [0.15, 0.2) is 15.0 Å². The number of nitrogens with zero attached hydrogens (tertiary/aromatic N) is 3. The zero-order valence-corrected chi connectivity index (χ0v) is 18.9. The molecule has 0 N–H and O–H groups in total. The van der Waals surface area contributed by atoms with Gasteiger partial charge in [0.2, 0.25) is 5.91 Å². The van der Waals surface area contributed by atoms with Crippen LogP contribution >= 0.6 is 11.3 Å². The number of benzene rings is 2. The number of carbonyl (C=O) groups is 1. The van der Waals surface area contributed by atoms with Crippen molar-refractivity contribution in [3.63, 3.8) is 0 Å². The summed E-state index contributed by atoms with van der Waals surface area (Å²) < 4.78 is 66.6. The van der Waals surface area contributed by atoms with Gasteiger partial charge < -0.3 is 14.5 Å². The number of anilines is 1. The standard InChI is InChI=1S/C21H20F3N3O4S2/c22-21(23,24)31-15-6-7-17-18(14-15)32-20(25-17)27-11-9-26(10-12-27)19(28)8-13-33(29,30)16-4-2-1-3-5-16/h1-7,14H,8-13H2. The molecule has 2 aromatic carbocycles. The van der Waals surface area contributed by atoms with E-state index in [4.69, 9.17) is 0 Å². The summed E-state index contributed by atoms with van der Waals surface area (Å²) in [5, 5.41) is 0.646. The molecule has 7 nitrogen and oxygen atoms in total. The number of halogens is 3. The summed E-state index contributed by atoms with van der Waals surface area (Å²) in [6, 6.07) is 12.0. The maximum Gasteiger partial charge on any atom is 0.573 e. The van der Waals surface area contributed by atoms with E-state index in [1.54, 1.807) is 23.1 Å². The molecule has 1 amide bonds. The Labute approximate surface area is 192 Å². The predicted molar refractivity (Wildman–Crippen MR) is 118 cm³/mol. The molecule has 1 saturated heterocycles. The Bertz CT molecular complexity index is 1240. The third kappa shape index (κ3) is 5.74. The molecule has 2 heterocycles. The number of carbonyl (C=O) groups excluding carboxylic acids is 1. The molecule has 0 radical (unpaired) electrons. The molecule has 0 saturated carbocycles. The number of hydrogen-bond acceptors (Lipinski definition) is 7. The van der Waals surface area contributed by atoms with E-state index < -0.39 is 16.2 Å². The number of sulfone groups is 1. The molecule has 0 bridgehead atoms. The van der Waals surface area contributed by atoms with Gasteiger partial charge in [-0.15, -0.1) is 13.2 Å². The number of alkyl halides is 3. The van der Waals surface area contributed by atoms with Crippen LogP contribution in [0.5, 0.6) is 5.75 Å². The second kappa shape index (κ2) is 9.18. The minimum absolute atomic E-state index is 0.0969. The number of rotatable bonds is 6. The van der Waals surface area contributed by atoms with Gasteiger partial charge in [0.25, 0.3) is 0 Å². The molecule has 3 aromatic rings. The predicted octanol–water partition coefficient (Wildman–Crippen LogP) is 3.71. The lowest BCUT2D eigenvalue weighted by molar-refractivity contribution is -0.274. The lowest BCUT2D eigenvalue weighted by Gasteiger charge is -2.34. The summed E-state index contributed by atoms with van der Waals surface area (Å²) in [6.45, 7) is 1.79. The van der Waals surface area contributed by atoms with Crippen LogP contribution in [0.15, 0.2) is 53.4 Å². The fraction of sp³-hybridized carbons (Fsp3) is 0.333. The number of aromatic nitrogens is 1. The van der Waals surface area contributed by atoms with E-state index in [1.807, 2.05) is 4.90 Å². The summed E-state index contributed by atoms with van der Waals surface area (Å²) in [4.78, 5) is 20.8. The number of amides is 1. The van der Waals surface area contributed by atoms with Crippen molar-refractivity contribution in [1.29, 1.82) is 0 Å². The van der Waals surface area contributed by atoms with Crippen molar-refractivity contribution in [2.75, 3.05) is 36.8 Å². The Balaban J connectivity index is 1.33. The van der Waals surface area contributed by atoms with E-state index in [-0.39, 0.29) is 28.7 Å². The summed E-state index contributed by atoms with van der Waals surface area (Å²) >= 11 is 1.25. The van der Waals surface area contributed by atoms with Gasteiger partial charge in [-0.1, -0.05) is 29.5 Å². The van der Waals surface area contributed by atoms with E-state index in [0.29, 0.717) is 41.5 Å². The van der Waals surface area contributed by atoms with E-state index >= 15 is 0 Å². The van der Waals surface area contributed by atoms with E-state index in [2.05, 4.69) is 9.72 Å². The van der Waals surface area contributed by atoms with Crippen LogP contribution in [-0.2, 0) is 14.6 Å². The minimum atomic E-state index is -4.76. The first-order valence-electron chi connectivity index (χ1n) is 10.1. The molecule has 1 aliphatic rings. The first kappa shape index (κ1) is 23.3. The first-order valence-corrected chi connectivity index (χ1v) is 12.5. The second-order valence-electron chi connectivity index (χ2n) is 7.42. The average Bonchev–Trinajstić information content (AvgIpc) is 3.20. The van der Waals surface area contributed by atoms with Crippen molar-refractivity contribution in [3.8, 4) is 5.75 Å². The molecule has 176 valence electrons. The molecule has 12 heteroatoms. The van der Waals surface area contributed by atoms with E-state index in [9.17, 15) is 26.4 Å². The highest BCUT2D eigenvalue weighted by molar-refractivity contribution is 7.91. The third-order valence-electron chi connectivity index (χ3n) is 5.17. The summed E-state index contributed by atoms with van der Waals surface area (Å²) in [5.74, 6) is -0.783. The van der Waals surface area contributed by atoms with Crippen LogP contribution in [0.2, 0.25) is 0 Å². The molecular weight excluding hydrogens is 479 g/mol. The van der Waals surface area contributed by atoms with Crippen LogP contribution in [0.3, 0.4) is 0 Å². The van der Waals surface area contributed by atoms with Gasteiger partial charge >= 0.3 is 6.36 Å². The Morgan fingerprint density at radius 3 is 2.42 bits per heavy atom. The van der Waals surface area contributed by atoms with Crippen LogP contribution in [0, 0.1) is 0 Å². The largest absolute Gasteiger partial charge is 0.573 e. The smallest absolute Gasteiger partial charge is 0.406 e. The molecule has 1 fully saturated rings. The SMILES string of the molecule is O=C(CCS(=O)(=O)c1ccccc1)N1CCN(c2nc3ccc(OC(F)(F)F)cc3s2)CC1. The van der Waals surface area contributed by atoms with Crippen molar-refractivity contribution in [2.45, 2.75) is 17.7 Å². The van der Waals surface area contributed by atoms with E-state index in [0.717, 1.165) is 0 Å². The van der Waals surface area contributed by atoms with Crippen molar-refractivity contribution >= 4 is 42.4 Å². The first-order chi connectivity index (χ1) is 15.6. The van der Waals surface area contributed by atoms with Crippen LogP contribution in [0.4, 0.5) is 18.3 Å². The fourth-order valence-electron chi connectivity index (χ4n) is 3.50. The number of hydrogen-bond donors (Lipinski definition) is 0. The molecule has 0 aliphatic carbocycles. The average molecular weight is 500 g/mol. The molecule has 1 aromatic heterocycles. The Kier molecular flexibility index (Phi) is 6.48. The third-order valence-corrected chi connectivity index (χ3v) is 7.98. The Morgan fingerprint density at radius 1 is 1.06 bits per heavy atom. The maximum atomic E-state index is 12.5. The highest BCUT2D eigenvalue weighted by Gasteiger charge is 2.31. The molecular formula is C21H20F3N3O4S2. The second-order valence-corrected chi connectivity index (χ2v) is 10.5. The monoisotopic (exact) mass is 499 g/mol. The lowest BCUT2D eigenvalue weighted by atomic mass is 10.3. The van der Waals surface area contributed by atoms with Crippen LogP contribution in [-0.4, -0.2) is 62.5 Å². The van der Waals surface area contributed by atoms with Crippen molar-refractivity contribution in [3.05, 3.63) is 48.5 Å². The number of ether oxygens (including phenoxy) is 1. The fourth-order valence-corrected chi connectivity index (χ4v) is 5.79. The zero-order valence-electron chi connectivity index (χ0n) is 17.3. The quantitative estimate of drug-likeness (QED) is 0.515. The molecule has 0 spiro atoms. The van der Waals surface area contributed by atoms with Gasteiger partial charge in [-0.05, 0) is 24.3 Å². The summed E-state index contributed by atoms with van der Waals surface area (Å²) in [5.41, 5.74) is 0.564. The summed E-state index contributed by atoms with van der Waals surface area (Å²) in [7, 11) is -3.52. The van der Waals surface area contributed by atoms with Crippen molar-refractivity contribution in [2.24, 2.45) is 0 Å². The van der Waals surface area contributed by atoms with Crippen LogP contribution in [0.1, 0.15) is 6.42 Å². The molecule has 1 aliphatic heterocycles. The lowest BCUT2D eigenvalue weighted by Crippen LogP contribution is -2.49. The van der Waals surface area contributed by atoms with Crippen LogP contribution in [0.25, 0.3) is 10.2 Å². The number of piperazine rings is 1. The summed E-state index contributed by atoms with van der Waals surface area (Å²) in [6.07, 6.45) is -4.86. The van der Waals surface area contributed by atoms with Gasteiger partial charge in [-0.3, -0.25) is 4.79 Å². The zero-order chi connectivity index (χ0) is 23.6. The highest BCUT2D eigenvalue weighted by atomic mass is 32.2. The van der Waals surface area contributed by atoms with Gasteiger partial charge in [0, 0.05) is 38.7 Å². The molecule has 4 rings (SSSR count). The van der Waals surface area contributed by atoms with Gasteiger partial charge in [-0.25, -0.2) is 13.4 Å². The Morgan fingerprint density at radius 2 is 1.76 bits per heavy atom. The van der Waals surface area contributed by atoms with E-state index in [1.165, 1.54) is 41.7 Å². The minimum Gasteiger partial charge on any atom is -0.406 e. The van der Waals surface area contributed by atoms with Gasteiger partial charge in [0.1, 0.15) is 5.75 Å². The van der Waals surface area contributed by atoms with Crippen molar-refractivity contribution < 1.29 is 31.1 Å². The number of fused-ring (bicyclic) bond motifs is 1. The molecule has 33 heavy (non-hydrogen) atoms. The normalized spacial score (nSPS) is 15.1. The number of thiazole rings is 1.